The van der Waals surface area contributed by atoms with E-state index in [-0.39, 0.29) is 68.3 Å². The van der Waals surface area contributed by atoms with Crippen molar-refractivity contribution in [1.29, 1.82) is 0 Å². The van der Waals surface area contributed by atoms with Crippen LogP contribution in [0.25, 0.3) is 68.3 Å². The maximum Gasteiger partial charge on any atom is 2.00 e. The summed E-state index contributed by atoms with van der Waals surface area (Å²) in [6.45, 7) is 0. The molecule has 12 heterocycles. The molecule has 12 aromatic heterocycles. The standard InChI is InChI=1S/6C8H6N3.4Cu.2NO3/c6*1-2-5-9-7(3-1)8-4-6-10-11-8;;;;;2*2-1(3)4/h6*1-6H;;;;;;/q6*-1;4*+2;2*-1. The van der Waals surface area contributed by atoms with E-state index in [9.17, 15) is 0 Å². The monoisotopic (exact) mass is 1240 g/mol. The van der Waals surface area contributed by atoms with Crippen LogP contribution in [0.15, 0.2) is 220 Å². The third-order valence-corrected chi connectivity index (χ3v) is 8.35. The van der Waals surface area contributed by atoms with Crippen molar-refractivity contribution >= 4 is 0 Å². The van der Waals surface area contributed by atoms with Gasteiger partial charge in [-0.05, 0) is 72.8 Å². The SMILES string of the molecule is O=[N+]([O-])[O-].O=[N+]([O-])[O-].[Cu+2].[Cu+2].[Cu+2].[Cu+2].c1ccc(-c2cc[n-]n2)nc1.c1ccc(-c2cc[n-]n2)nc1.c1ccc(-c2ccn[n-]2)nc1.c1ccc(-c2ccn[n-]2)nc1.c1ccc(-c2ccn[n-]2)nc1.c1ccc(-c2ccn[n-]2)nc1. The zero-order valence-electron chi connectivity index (χ0n) is 39.4. The van der Waals surface area contributed by atoms with E-state index in [0.29, 0.717) is 0 Å². The molecule has 0 aliphatic carbocycles. The van der Waals surface area contributed by atoms with Crippen LogP contribution >= 0.6 is 0 Å². The summed E-state index contributed by atoms with van der Waals surface area (Å²) in [5.74, 6) is 0. The first kappa shape index (κ1) is 66.7. The maximum absolute atomic E-state index is 8.25. The molecule has 0 saturated heterocycles. The van der Waals surface area contributed by atoms with Gasteiger partial charge in [-0.3, -0.25) is 29.9 Å². The molecule has 0 unspecified atom stereocenters. The van der Waals surface area contributed by atoms with E-state index in [0.717, 1.165) is 68.3 Å². The molecule has 0 bridgehead atoms. The summed E-state index contributed by atoms with van der Waals surface area (Å²) in [6.07, 6.45) is 20.4. The van der Waals surface area contributed by atoms with Gasteiger partial charge in [-0.1, -0.05) is 95.6 Å². The Morgan fingerprint density at radius 3 is 0.654 bits per heavy atom. The average Bonchev–Trinajstić information content (AvgIpc) is 4.31. The molecule has 4 radical (unpaired) electrons. The minimum absolute atomic E-state index is 0. The molecule has 408 valence electrons. The zero-order chi connectivity index (χ0) is 52.3. The molecule has 0 aliphatic heterocycles. The number of hydrogen-bond acceptors (Lipinski definition) is 18. The minimum Gasteiger partial charge on any atom is -0.581 e. The van der Waals surface area contributed by atoms with Crippen LogP contribution in [0.5, 0.6) is 0 Å². The number of pyridine rings is 6. The topological polar surface area (TPSA) is 372 Å². The molecule has 0 atom stereocenters. The second-order valence-corrected chi connectivity index (χ2v) is 13.2. The predicted molar refractivity (Wildman–Crippen MR) is 265 cm³/mol. The van der Waals surface area contributed by atoms with Gasteiger partial charge >= 0.3 is 68.3 Å². The summed E-state index contributed by atoms with van der Waals surface area (Å²) >= 11 is 0. The fourth-order valence-electron chi connectivity index (χ4n) is 5.30. The smallest absolute Gasteiger partial charge is 0.581 e. The Balaban J connectivity index is 0.000000451. The van der Waals surface area contributed by atoms with Crippen molar-refractivity contribution < 1.29 is 78.4 Å². The van der Waals surface area contributed by atoms with Crippen molar-refractivity contribution in [2.75, 3.05) is 0 Å². The van der Waals surface area contributed by atoms with Crippen molar-refractivity contribution in [1.82, 2.24) is 91.1 Å². The van der Waals surface area contributed by atoms with Crippen molar-refractivity contribution in [2.24, 2.45) is 0 Å². The molecule has 12 rings (SSSR count). The van der Waals surface area contributed by atoms with Gasteiger partial charge in [-0.25, -0.2) is 0 Å². The third-order valence-electron chi connectivity index (χ3n) is 8.35. The van der Waals surface area contributed by atoms with Crippen molar-refractivity contribution in [3.63, 3.8) is 0 Å². The van der Waals surface area contributed by atoms with E-state index in [1.807, 2.05) is 146 Å². The second-order valence-electron chi connectivity index (χ2n) is 13.2. The largest absolute Gasteiger partial charge is 2.00 e. The summed E-state index contributed by atoms with van der Waals surface area (Å²) in [5.41, 5.74) is 10.1. The zero-order valence-corrected chi connectivity index (χ0v) is 43.2. The molecule has 0 N–H and O–H groups in total. The molecule has 0 amide bonds. The van der Waals surface area contributed by atoms with Gasteiger partial charge in [0.15, 0.2) is 0 Å². The Morgan fingerprint density at radius 2 is 0.500 bits per heavy atom. The molecular formula is C48H36Cu4N20O6. The molecule has 0 saturated carbocycles. The molecule has 0 spiro atoms. The molecule has 0 aliphatic rings. The van der Waals surface area contributed by atoms with Crippen LogP contribution < -0.4 is 30.6 Å². The van der Waals surface area contributed by atoms with Crippen molar-refractivity contribution in [3.05, 3.63) is 251 Å². The van der Waals surface area contributed by atoms with Crippen molar-refractivity contribution in [3.8, 4) is 68.3 Å². The van der Waals surface area contributed by atoms with Crippen LogP contribution in [0.3, 0.4) is 0 Å². The molecule has 78 heavy (non-hydrogen) atoms. The third kappa shape index (κ3) is 26.2. The average molecular weight is 1240 g/mol. The van der Waals surface area contributed by atoms with E-state index < -0.39 is 10.2 Å². The molecule has 0 fully saturated rings. The Kier molecular flexibility index (Phi) is 34.2. The molecule has 12 aromatic rings. The summed E-state index contributed by atoms with van der Waals surface area (Å²) in [6, 6.07) is 45.3. The van der Waals surface area contributed by atoms with E-state index in [1.165, 1.54) is 0 Å². The van der Waals surface area contributed by atoms with E-state index in [4.69, 9.17) is 30.6 Å². The van der Waals surface area contributed by atoms with Gasteiger partial charge < -0.3 is 91.8 Å². The molecule has 30 heteroatoms. The van der Waals surface area contributed by atoms with E-state index in [1.54, 1.807) is 74.4 Å². The van der Waals surface area contributed by atoms with Crippen LogP contribution in [-0.2, 0) is 68.3 Å². The summed E-state index contributed by atoms with van der Waals surface area (Å²) < 4.78 is 0. The molecule has 0 aromatic carbocycles. The first-order valence-corrected chi connectivity index (χ1v) is 21.0. The maximum atomic E-state index is 8.25. The predicted octanol–water partition coefficient (Wildman–Crippen LogP) is 6.12. The first-order chi connectivity index (χ1) is 36.3. The van der Waals surface area contributed by atoms with E-state index >= 15 is 0 Å². The van der Waals surface area contributed by atoms with Gasteiger partial charge in [0.2, 0.25) is 0 Å². The molecular weight excluding hydrogens is 1210 g/mol. The minimum atomic E-state index is -1.75. The first-order valence-electron chi connectivity index (χ1n) is 21.0. The van der Waals surface area contributed by atoms with E-state index in [2.05, 4.69) is 91.1 Å². The fourth-order valence-corrected chi connectivity index (χ4v) is 5.30. The van der Waals surface area contributed by atoms with Gasteiger partial charge in [0.1, 0.15) is 0 Å². The van der Waals surface area contributed by atoms with Crippen molar-refractivity contribution in [2.45, 2.75) is 0 Å². The summed E-state index contributed by atoms with van der Waals surface area (Å²) in [7, 11) is 0. The number of hydrogen-bond donors (Lipinski definition) is 0. The Morgan fingerprint density at radius 1 is 0.282 bits per heavy atom. The van der Waals surface area contributed by atoms with Gasteiger partial charge in [-0.15, -0.1) is 0 Å². The number of aromatic nitrogens is 18. The Bertz CT molecular complexity index is 2660. The van der Waals surface area contributed by atoms with Crippen LogP contribution in [0, 0.1) is 30.6 Å². The Labute approximate surface area is 485 Å². The van der Waals surface area contributed by atoms with Crippen LogP contribution in [0.4, 0.5) is 0 Å². The summed E-state index contributed by atoms with van der Waals surface area (Å²) in [4.78, 5) is 41.2. The summed E-state index contributed by atoms with van der Waals surface area (Å²) in [5, 5.41) is 75.0. The van der Waals surface area contributed by atoms with Crippen LogP contribution in [0.2, 0.25) is 0 Å². The second kappa shape index (κ2) is 40.0. The number of nitrogens with zero attached hydrogens (tertiary/aromatic N) is 20. The van der Waals surface area contributed by atoms with Crippen LogP contribution in [0.1, 0.15) is 0 Å². The molecule has 26 nitrogen and oxygen atoms in total. The quantitative estimate of drug-likeness (QED) is 0.103. The number of rotatable bonds is 6. The van der Waals surface area contributed by atoms with Gasteiger partial charge in [0.05, 0.1) is 32.9 Å². The normalized spacial score (nSPS) is 8.92. The van der Waals surface area contributed by atoms with Gasteiger partial charge in [0.25, 0.3) is 0 Å². The van der Waals surface area contributed by atoms with Gasteiger partial charge in [-0.2, -0.15) is 12.4 Å². The van der Waals surface area contributed by atoms with Gasteiger partial charge in [0, 0.05) is 84.7 Å². The van der Waals surface area contributed by atoms with Crippen LogP contribution in [-0.4, -0.2) is 70.7 Å². The fraction of sp³-hybridized carbons (Fsp3) is 0. The Hall–Kier alpha value is -9.36.